The molecule has 0 bridgehead atoms. The molecule has 1 aromatic carbocycles. The third-order valence-electron chi connectivity index (χ3n) is 2.85. The van der Waals surface area contributed by atoms with E-state index >= 15 is 0 Å². The predicted octanol–water partition coefficient (Wildman–Crippen LogP) is 2.67. The minimum atomic E-state index is -0.0558. The molecule has 100 valence electrons. The lowest BCUT2D eigenvalue weighted by Crippen LogP contribution is -2.14. The van der Waals surface area contributed by atoms with Gasteiger partial charge in [-0.2, -0.15) is 0 Å². The van der Waals surface area contributed by atoms with E-state index in [-0.39, 0.29) is 5.91 Å². The number of aromatic nitrogens is 3. The average molecular weight is 331 g/mol. The van der Waals surface area contributed by atoms with Gasteiger partial charge in [-0.15, -0.1) is 10.2 Å². The third kappa shape index (κ3) is 2.85. The van der Waals surface area contributed by atoms with E-state index in [1.54, 1.807) is 16.9 Å². The van der Waals surface area contributed by atoms with E-state index in [2.05, 4.69) is 31.4 Å². The van der Waals surface area contributed by atoms with Crippen molar-refractivity contribution in [2.45, 2.75) is 6.42 Å². The van der Waals surface area contributed by atoms with Crippen molar-refractivity contribution in [2.24, 2.45) is 0 Å². The summed E-state index contributed by atoms with van der Waals surface area (Å²) in [6, 6.07) is 11.3. The van der Waals surface area contributed by atoms with Gasteiger partial charge in [0.1, 0.15) is 6.33 Å². The minimum Gasteiger partial charge on any atom is -0.324 e. The normalized spacial score (nSPS) is 10.7. The number of rotatable bonds is 3. The average Bonchev–Trinajstić information content (AvgIpc) is 2.89. The van der Waals surface area contributed by atoms with Gasteiger partial charge in [-0.05, 0) is 29.8 Å². The van der Waals surface area contributed by atoms with Crippen LogP contribution in [0, 0.1) is 0 Å². The van der Waals surface area contributed by atoms with Crippen LogP contribution >= 0.6 is 15.9 Å². The molecule has 20 heavy (non-hydrogen) atoms. The predicted molar refractivity (Wildman–Crippen MR) is 79.5 cm³/mol. The first-order valence-corrected chi connectivity index (χ1v) is 6.84. The van der Waals surface area contributed by atoms with Gasteiger partial charge in [-0.25, -0.2) is 0 Å². The summed E-state index contributed by atoms with van der Waals surface area (Å²) in [5, 5.41) is 10.6. The minimum absolute atomic E-state index is 0.0558. The van der Waals surface area contributed by atoms with Crippen LogP contribution in [0.15, 0.2) is 53.4 Å². The number of carbonyl (C=O) groups is 1. The van der Waals surface area contributed by atoms with Crippen molar-refractivity contribution in [3.8, 4) is 0 Å². The summed E-state index contributed by atoms with van der Waals surface area (Å²) in [7, 11) is 0. The molecule has 0 atom stereocenters. The molecular formula is C14H11BrN4O. The van der Waals surface area contributed by atoms with Gasteiger partial charge in [-0.3, -0.25) is 9.20 Å². The van der Waals surface area contributed by atoms with Gasteiger partial charge in [0.2, 0.25) is 5.91 Å². The van der Waals surface area contributed by atoms with E-state index in [0.717, 1.165) is 21.4 Å². The molecule has 3 aromatic rings. The number of amides is 1. The fourth-order valence-electron chi connectivity index (χ4n) is 1.89. The molecule has 3 rings (SSSR count). The summed E-state index contributed by atoms with van der Waals surface area (Å²) in [5.41, 5.74) is 2.44. The molecule has 0 spiro atoms. The number of halogens is 1. The zero-order valence-corrected chi connectivity index (χ0v) is 12.0. The Morgan fingerprint density at radius 2 is 2.00 bits per heavy atom. The maximum Gasteiger partial charge on any atom is 0.228 e. The van der Waals surface area contributed by atoms with Gasteiger partial charge in [0.05, 0.1) is 12.1 Å². The molecular weight excluding hydrogens is 320 g/mol. The second-order valence-electron chi connectivity index (χ2n) is 4.37. The number of nitrogens with zero attached hydrogens (tertiary/aromatic N) is 3. The molecule has 0 aliphatic rings. The number of anilines is 1. The molecule has 1 N–H and O–H groups in total. The van der Waals surface area contributed by atoms with Crippen LogP contribution in [0.25, 0.3) is 5.65 Å². The van der Waals surface area contributed by atoms with Crippen molar-refractivity contribution >= 4 is 33.2 Å². The zero-order chi connectivity index (χ0) is 13.9. The molecule has 0 aliphatic heterocycles. The molecule has 0 aliphatic carbocycles. The highest BCUT2D eigenvalue weighted by Gasteiger charge is 2.05. The first-order chi connectivity index (χ1) is 9.70. The molecule has 0 saturated carbocycles. The van der Waals surface area contributed by atoms with Gasteiger partial charge in [-0.1, -0.05) is 28.1 Å². The maximum atomic E-state index is 12.0. The molecule has 1 amide bonds. The van der Waals surface area contributed by atoms with E-state index < -0.39 is 0 Å². The quantitative estimate of drug-likeness (QED) is 0.803. The van der Waals surface area contributed by atoms with E-state index in [4.69, 9.17) is 0 Å². The molecule has 2 heterocycles. The van der Waals surface area contributed by atoms with Crippen molar-refractivity contribution in [1.29, 1.82) is 0 Å². The molecule has 0 fully saturated rings. The van der Waals surface area contributed by atoms with Crippen LogP contribution in [0.5, 0.6) is 0 Å². The summed E-state index contributed by atoms with van der Waals surface area (Å²) in [6.45, 7) is 0. The fraction of sp³-hybridized carbons (Fsp3) is 0.0714. The highest BCUT2D eigenvalue weighted by molar-refractivity contribution is 9.10. The highest BCUT2D eigenvalue weighted by atomic mass is 79.9. The van der Waals surface area contributed by atoms with Crippen molar-refractivity contribution in [1.82, 2.24) is 14.6 Å². The second kappa shape index (κ2) is 5.42. The standard InChI is InChI=1S/C14H11BrN4O/c15-11-3-1-10(2-4-11)7-14(20)17-12-5-6-13-18-16-9-19(13)8-12/h1-6,8-9H,7H2,(H,17,20). The topological polar surface area (TPSA) is 59.3 Å². The van der Waals surface area contributed by atoms with Crippen LogP contribution in [0.3, 0.4) is 0 Å². The van der Waals surface area contributed by atoms with E-state index in [1.807, 2.05) is 36.4 Å². The van der Waals surface area contributed by atoms with Gasteiger partial charge in [0.25, 0.3) is 0 Å². The number of carbonyl (C=O) groups excluding carboxylic acids is 1. The van der Waals surface area contributed by atoms with Crippen molar-refractivity contribution in [2.75, 3.05) is 5.32 Å². The van der Waals surface area contributed by atoms with Crippen molar-refractivity contribution < 1.29 is 4.79 Å². The Labute approximate surface area is 123 Å². The van der Waals surface area contributed by atoms with Crippen LogP contribution in [0.1, 0.15) is 5.56 Å². The summed E-state index contributed by atoms with van der Waals surface area (Å²) >= 11 is 3.37. The van der Waals surface area contributed by atoms with Crippen molar-refractivity contribution in [3.63, 3.8) is 0 Å². The molecule has 0 saturated heterocycles. The van der Waals surface area contributed by atoms with Gasteiger partial charge in [0.15, 0.2) is 5.65 Å². The van der Waals surface area contributed by atoms with Gasteiger partial charge < -0.3 is 5.32 Å². The van der Waals surface area contributed by atoms with E-state index in [0.29, 0.717) is 6.42 Å². The smallest absolute Gasteiger partial charge is 0.228 e. The number of fused-ring (bicyclic) bond motifs is 1. The van der Waals surface area contributed by atoms with Crippen LogP contribution in [0.4, 0.5) is 5.69 Å². The second-order valence-corrected chi connectivity index (χ2v) is 5.28. The Kier molecular flexibility index (Phi) is 3.47. The Morgan fingerprint density at radius 1 is 1.20 bits per heavy atom. The summed E-state index contributed by atoms with van der Waals surface area (Å²) in [4.78, 5) is 12.0. The maximum absolute atomic E-state index is 12.0. The number of benzene rings is 1. The number of pyridine rings is 1. The Hall–Kier alpha value is -2.21. The summed E-state index contributed by atoms with van der Waals surface area (Å²) in [5.74, 6) is -0.0558. The fourth-order valence-corrected chi connectivity index (χ4v) is 2.16. The van der Waals surface area contributed by atoms with Crippen LogP contribution in [-0.2, 0) is 11.2 Å². The van der Waals surface area contributed by atoms with Crippen LogP contribution in [0.2, 0.25) is 0 Å². The monoisotopic (exact) mass is 330 g/mol. The Bertz CT molecular complexity index is 751. The third-order valence-corrected chi connectivity index (χ3v) is 3.38. The molecule has 2 aromatic heterocycles. The number of hydrogen-bond donors (Lipinski definition) is 1. The lowest BCUT2D eigenvalue weighted by atomic mass is 10.1. The van der Waals surface area contributed by atoms with Gasteiger partial charge in [0, 0.05) is 10.7 Å². The molecule has 0 unspecified atom stereocenters. The highest BCUT2D eigenvalue weighted by Crippen LogP contribution is 2.12. The lowest BCUT2D eigenvalue weighted by Gasteiger charge is -2.06. The molecule has 0 radical (unpaired) electrons. The van der Waals surface area contributed by atoms with Crippen molar-refractivity contribution in [3.05, 3.63) is 59.0 Å². The zero-order valence-electron chi connectivity index (χ0n) is 10.5. The summed E-state index contributed by atoms with van der Waals surface area (Å²) < 4.78 is 2.76. The SMILES string of the molecule is O=C(Cc1ccc(Br)cc1)Nc1ccc2nncn2c1. The van der Waals surface area contributed by atoms with E-state index in [1.165, 1.54) is 0 Å². The van der Waals surface area contributed by atoms with E-state index in [9.17, 15) is 4.79 Å². The lowest BCUT2D eigenvalue weighted by molar-refractivity contribution is -0.115. The Morgan fingerprint density at radius 3 is 2.80 bits per heavy atom. The largest absolute Gasteiger partial charge is 0.324 e. The number of hydrogen-bond acceptors (Lipinski definition) is 3. The van der Waals surface area contributed by atoms with Crippen LogP contribution < -0.4 is 5.32 Å². The molecule has 5 nitrogen and oxygen atoms in total. The molecule has 6 heteroatoms. The van der Waals surface area contributed by atoms with Gasteiger partial charge >= 0.3 is 0 Å². The first-order valence-electron chi connectivity index (χ1n) is 6.04. The Balaban J connectivity index is 1.70. The first kappa shape index (κ1) is 12.8. The van der Waals surface area contributed by atoms with Crippen LogP contribution in [-0.4, -0.2) is 20.5 Å². The summed E-state index contributed by atoms with van der Waals surface area (Å²) in [6.07, 6.45) is 3.72. The number of nitrogens with one attached hydrogen (secondary N) is 1.